The molecular weight excluding hydrogens is 285 g/mol. The first-order chi connectivity index (χ1) is 9.15. The van der Waals surface area contributed by atoms with Crippen LogP contribution in [-0.2, 0) is 4.79 Å². The SMILES string of the molecule is O=C(COc1ccccc1)Nc1ccc(Cl)cc1Cl. The number of para-hydroxylation sites is 1. The molecule has 0 bridgehead atoms. The number of benzene rings is 2. The Labute approximate surface area is 121 Å². The monoisotopic (exact) mass is 295 g/mol. The van der Waals surface area contributed by atoms with Gasteiger partial charge in [0.2, 0.25) is 0 Å². The molecule has 0 aliphatic carbocycles. The van der Waals surface area contributed by atoms with Gasteiger partial charge in [0, 0.05) is 5.02 Å². The van der Waals surface area contributed by atoms with Crippen molar-refractivity contribution in [1.29, 1.82) is 0 Å². The van der Waals surface area contributed by atoms with Gasteiger partial charge >= 0.3 is 0 Å². The highest BCUT2D eigenvalue weighted by Gasteiger charge is 2.07. The number of hydrogen-bond acceptors (Lipinski definition) is 2. The van der Waals surface area contributed by atoms with Crippen molar-refractivity contribution in [2.75, 3.05) is 11.9 Å². The minimum Gasteiger partial charge on any atom is -0.484 e. The second-order valence-corrected chi connectivity index (χ2v) is 4.62. The Morgan fingerprint density at radius 1 is 1.11 bits per heavy atom. The number of carbonyl (C=O) groups is 1. The van der Waals surface area contributed by atoms with Crippen LogP contribution in [0.1, 0.15) is 0 Å². The van der Waals surface area contributed by atoms with Crippen molar-refractivity contribution < 1.29 is 9.53 Å². The number of rotatable bonds is 4. The van der Waals surface area contributed by atoms with E-state index in [9.17, 15) is 4.79 Å². The topological polar surface area (TPSA) is 38.3 Å². The summed E-state index contributed by atoms with van der Waals surface area (Å²) >= 11 is 11.7. The van der Waals surface area contributed by atoms with E-state index >= 15 is 0 Å². The highest BCUT2D eigenvalue weighted by atomic mass is 35.5. The van der Waals surface area contributed by atoms with Gasteiger partial charge in [0.15, 0.2) is 6.61 Å². The van der Waals surface area contributed by atoms with E-state index in [1.54, 1.807) is 30.3 Å². The predicted molar refractivity (Wildman–Crippen MR) is 77.0 cm³/mol. The number of hydrogen-bond donors (Lipinski definition) is 1. The standard InChI is InChI=1S/C14H11Cl2NO2/c15-10-6-7-13(12(16)8-10)17-14(18)9-19-11-4-2-1-3-5-11/h1-8H,9H2,(H,17,18). The minimum atomic E-state index is -0.284. The van der Waals surface area contributed by atoms with Crippen molar-refractivity contribution in [2.24, 2.45) is 0 Å². The van der Waals surface area contributed by atoms with Gasteiger partial charge in [-0.2, -0.15) is 0 Å². The molecule has 3 nitrogen and oxygen atoms in total. The fourth-order valence-electron chi connectivity index (χ4n) is 1.44. The number of carbonyl (C=O) groups excluding carboxylic acids is 1. The lowest BCUT2D eigenvalue weighted by Gasteiger charge is -2.08. The molecule has 0 saturated heterocycles. The number of anilines is 1. The zero-order chi connectivity index (χ0) is 13.7. The zero-order valence-electron chi connectivity index (χ0n) is 9.90. The van der Waals surface area contributed by atoms with Crippen LogP contribution in [0.2, 0.25) is 10.0 Å². The van der Waals surface area contributed by atoms with Gasteiger partial charge in [0.05, 0.1) is 10.7 Å². The highest BCUT2D eigenvalue weighted by Crippen LogP contribution is 2.25. The molecule has 0 radical (unpaired) electrons. The maximum absolute atomic E-state index is 11.7. The predicted octanol–water partition coefficient (Wildman–Crippen LogP) is 4.01. The summed E-state index contributed by atoms with van der Waals surface area (Å²) in [7, 11) is 0. The fourth-order valence-corrected chi connectivity index (χ4v) is 1.90. The number of halogens is 2. The largest absolute Gasteiger partial charge is 0.484 e. The van der Waals surface area contributed by atoms with E-state index in [1.807, 2.05) is 18.2 Å². The molecular formula is C14H11Cl2NO2. The average Bonchev–Trinajstić information content (AvgIpc) is 2.41. The molecule has 0 atom stereocenters. The Morgan fingerprint density at radius 2 is 1.84 bits per heavy atom. The van der Waals surface area contributed by atoms with Crippen molar-refractivity contribution in [3.63, 3.8) is 0 Å². The number of nitrogens with one attached hydrogen (secondary N) is 1. The lowest BCUT2D eigenvalue weighted by molar-refractivity contribution is -0.118. The summed E-state index contributed by atoms with van der Waals surface area (Å²) in [6, 6.07) is 14.0. The molecule has 1 amide bonds. The Morgan fingerprint density at radius 3 is 2.53 bits per heavy atom. The van der Waals surface area contributed by atoms with Crippen LogP contribution in [0.5, 0.6) is 5.75 Å². The molecule has 5 heteroatoms. The first-order valence-corrected chi connectivity index (χ1v) is 6.33. The molecule has 0 fully saturated rings. The molecule has 19 heavy (non-hydrogen) atoms. The fraction of sp³-hybridized carbons (Fsp3) is 0.0714. The van der Waals surface area contributed by atoms with Crippen LogP contribution in [0.3, 0.4) is 0 Å². The van der Waals surface area contributed by atoms with Crippen LogP contribution in [0, 0.1) is 0 Å². The van der Waals surface area contributed by atoms with Crippen molar-refractivity contribution in [3.8, 4) is 5.75 Å². The van der Waals surface area contributed by atoms with Gasteiger partial charge in [-0.15, -0.1) is 0 Å². The molecule has 0 heterocycles. The maximum Gasteiger partial charge on any atom is 0.262 e. The van der Waals surface area contributed by atoms with E-state index in [-0.39, 0.29) is 12.5 Å². The first-order valence-electron chi connectivity index (χ1n) is 5.58. The van der Waals surface area contributed by atoms with Crippen LogP contribution in [0.25, 0.3) is 0 Å². The summed E-state index contributed by atoms with van der Waals surface area (Å²) in [6.07, 6.45) is 0. The molecule has 0 unspecified atom stereocenters. The number of ether oxygens (including phenoxy) is 1. The van der Waals surface area contributed by atoms with Crippen LogP contribution in [-0.4, -0.2) is 12.5 Å². The lowest BCUT2D eigenvalue weighted by atomic mass is 10.3. The summed E-state index contributed by atoms with van der Waals surface area (Å²) in [6.45, 7) is -0.0804. The summed E-state index contributed by atoms with van der Waals surface area (Å²) in [5.41, 5.74) is 0.507. The third-order valence-electron chi connectivity index (χ3n) is 2.32. The molecule has 1 N–H and O–H groups in total. The molecule has 0 aliphatic heterocycles. The Kier molecular flexibility index (Phi) is 4.66. The third-order valence-corrected chi connectivity index (χ3v) is 2.87. The normalized spacial score (nSPS) is 10.0. The van der Waals surface area contributed by atoms with Gasteiger partial charge in [-0.1, -0.05) is 41.4 Å². The molecule has 2 rings (SSSR count). The maximum atomic E-state index is 11.7. The van der Waals surface area contributed by atoms with Crippen molar-refractivity contribution in [1.82, 2.24) is 0 Å². The third kappa shape index (κ3) is 4.16. The lowest BCUT2D eigenvalue weighted by Crippen LogP contribution is -2.20. The molecule has 2 aromatic rings. The quantitative estimate of drug-likeness (QED) is 0.925. The second kappa shape index (κ2) is 6.45. The van der Waals surface area contributed by atoms with Crippen molar-refractivity contribution in [2.45, 2.75) is 0 Å². The van der Waals surface area contributed by atoms with Gasteiger partial charge < -0.3 is 10.1 Å². The number of amides is 1. The van der Waals surface area contributed by atoms with Crippen LogP contribution < -0.4 is 10.1 Å². The van der Waals surface area contributed by atoms with Crippen LogP contribution in [0.15, 0.2) is 48.5 Å². The summed E-state index contributed by atoms with van der Waals surface area (Å²) in [5, 5.41) is 3.56. The van der Waals surface area contributed by atoms with E-state index in [2.05, 4.69) is 5.32 Å². The Hall–Kier alpha value is -1.71. The van der Waals surface area contributed by atoms with Gasteiger partial charge in [-0.3, -0.25) is 4.79 Å². The van der Waals surface area contributed by atoms with E-state index < -0.39 is 0 Å². The van der Waals surface area contributed by atoms with E-state index in [4.69, 9.17) is 27.9 Å². The van der Waals surface area contributed by atoms with Gasteiger partial charge in [0.25, 0.3) is 5.91 Å². The highest BCUT2D eigenvalue weighted by molar-refractivity contribution is 6.36. The van der Waals surface area contributed by atoms with Crippen LogP contribution in [0.4, 0.5) is 5.69 Å². The molecule has 0 aromatic heterocycles. The minimum absolute atomic E-state index is 0.0804. The molecule has 98 valence electrons. The Bertz CT molecular complexity index is 573. The summed E-state index contributed by atoms with van der Waals surface area (Å²) in [4.78, 5) is 11.7. The second-order valence-electron chi connectivity index (χ2n) is 3.77. The average molecular weight is 296 g/mol. The van der Waals surface area contributed by atoms with Crippen molar-refractivity contribution in [3.05, 3.63) is 58.6 Å². The first kappa shape index (κ1) is 13.7. The van der Waals surface area contributed by atoms with E-state index in [0.717, 1.165) is 0 Å². The van der Waals surface area contributed by atoms with E-state index in [1.165, 1.54) is 0 Å². The molecule has 2 aromatic carbocycles. The van der Waals surface area contributed by atoms with Crippen LogP contribution >= 0.6 is 23.2 Å². The zero-order valence-corrected chi connectivity index (χ0v) is 11.4. The Balaban J connectivity index is 1.91. The molecule has 0 spiro atoms. The summed E-state index contributed by atoms with van der Waals surface area (Å²) in [5.74, 6) is 0.355. The van der Waals surface area contributed by atoms with Gasteiger partial charge in [-0.25, -0.2) is 0 Å². The molecule has 0 aliphatic rings. The molecule has 0 saturated carbocycles. The summed E-state index contributed by atoms with van der Waals surface area (Å²) < 4.78 is 5.32. The smallest absolute Gasteiger partial charge is 0.262 e. The van der Waals surface area contributed by atoms with Crippen molar-refractivity contribution >= 4 is 34.8 Å². The van der Waals surface area contributed by atoms with E-state index in [0.29, 0.717) is 21.5 Å². The van der Waals surface area contributed by atoms with Gasteiger partial charge in [-0.05, 0) is 30.3 Å². The van der Waals surface area contributed by atoms with Gasteiger partial charge in [0.1, 0.15) is 5.75 Å².